The zero-order valence-electron chi connectivity index (χ0n) is 14.1. The van der Waals surface area contributed by atoms with E-state index in [9.17, 15) is 0 Å². The van der Waals surface area contributed by atoms with E-state index in [0.29, 0.717) is 33.7 Å². The first-order chi connectivity index (χ1) is 12.1. The van der Waals surface area contributed by atoms with Gasteiger partial charge in [-0.25, -0.2) is 9.97 Å². The van der Waals surface area contributed by atoms with Crippen molar-refractivity contribution in [3.63, 3.8) is 0 Å². The second kappa shape index (κ2) is 9.47. The normalized spacial score (nSPS) is 10.5. The van der Waals surface area contributed by atoms with Crippen molar-refractivity contribution in [1.82, 2.24) is 15.3 Å². The number of nitrogens with two attached hydrogens (primary N) is 1. The Kier molecular flexibility index (Phi) is 7.32. The van der Waals surface area contributed by atoms with Crippen LogP contribution in [0.3, 0.4) is 0 Å². The van der Waals surface area contributed by atoms with Gasteiger partial charge in [0.15, 0.2) is 5.82 Å². The first-order valence-electron chi connectivity index (χ1n) is 8.04. The average molecular weight is 378 g/mol. The maximum atomic E-state index is 6.26. The van der Waals surface area contributed by atoms with Crippen molar-refractivity contribution in [1.29, 1.82) is 0 Å². The van der Waals surface area contributed by atoms with Crippen LogP contribution < -0.4 is 16.0 Å². The molecule has 0 fully saturated rings. The van der Waals surface area contributed by atoms with E-state index < -0.39 is 0 Å². The summed E-state index contributed by atoms with van der Waals surface area (Å²) in [6.45, 7) is 5.02. The molecule has 0 amide bonds. The van der Waals surface area contributed by atoms with Gasteiger partial charge in [-0.15, -0.1) is 6.42 Å². The Morgan fingerprint density at radius 1 is 1.32 bits per heavy atom. The van der Waals surface area contributed by atoms with Crippen molar-refractivity contribution in [2.24, 2.45) is 0 Å². The second-order valence-electron chi connectivity index (χ2n) is 5.43. The minimum atomic E-state index is 0.319. The van der Waals surface area contributed by atoms with Crippen LogP contribution >= 0.6 is 23.2 Å². The van der Waals surface area contributed by atoms with Gasteiger partial charge in [-0.2, -0.15) is 0 Å². The van der Waals surface area contributed by atoms with E-state index in [2.05, 4.69) is 33.0 Å². The van der Waals surface area contributed by atoms with Gasteiger partial charge in [0.1, 0.15) is 11.5 Å². The van der Waals surface area contributed by atoms with E-state index >= 15 is 0 Å². The third-order valence-electron chi connectivity index (χ3n) is 3.60. The van der Waals surface area contributed by atoms with Crippen LogP contribution in [0.15, 0.2) is 24.4 Å². The maximum Gasteiger partial charge on any atom is 0.152 e. The molecule has 0 aliphatic rings. The average Bonchev–Trinajstić information content (AvgIpc) is 2.60. The quantitative estimate of drug-likeness (QED) is 0.544. The van der Waals surface area contributed by atoms with Crippen LogP contribution in [0.4, 0.5) is 11.6 Å². The molecule has 7 heteroatoms. The van der Waals surface area contributed by atoms with Crippen LogP contribution in [0.1, 0.15) is 13.3 Å². The Balaban J connectivity index is 2.24. The summed E-state index contributed by atoms with van der Waals surface area (Å²) in [7, 11) is 0. The Labute approximate surface area is 158 Å². The molecule has 2 aromatic rings. The first kappa shape index (κ1) is 19.3. The van der Waals surface area contributed by atoms with Crippen molar-refractivity contribution in [3.05, 3.63) is 34.4 Å². The number of nitrogen functional groups attached to an aromatic ring is 1. The molecule has 0 saturated heterocycles. The van der Waals surface area contributed by atoms with Gasteiger partial charge in [-0.05, 0) is 12.5 Å². The number of nitrogens with one attached hydrogen (secondary N) is 1. The molecule has 5 nitrogen and oxygen atoms in total. The molecular formula is C18H21Cl2N5. The molecule has 25 heavy (non-hydrogen) atoms. The lowest BCUT2D eigenvalue weighted by molar-refractivity contribution is 0.685. The van der Waals surface area contributed by atoms with Crippen LogP contribution in [0.2, 0.25) is 10.0 Å². The van der Waals surface area contributed by atoms with E-state index in [1.54, 1.807) is 18.3 Å². The second-order valence-corrected chi connectivity index (χ2v) is 6.22. The lowest BCUT2D eigenvalue weighted by Gasteiger charge is -2.23. The molecule has 0 aliphatic carbocycles. The third-order valence-corrected chi connectivity index (χ3v) is 4.42. The van der Waals surface area contributed by atoms with E-state index in [4.69, 9.17) is 35.4 Å². The van der Waals surface area contributed by atoms with E-state index in [0.717, 1.165) is 31.9 Å². The molecule has 3 N–H and O–H groups in total. The number of hydrogen-bond acceptors (Lipinski definition) is 5. The molecule has 0 unspecified atom stereocenters. The molecule has 1 heterocycles. The van der Waals surface area contributed by atoms with E-state index in [1.807, 2.05) is 6.07 Å². The SMILES string of the molecule is C#CCNCCN(CCC)c1cnc(-c2cccc(Cl)c2Cl)c(N)n1. The molecule has 0 atom stereocenters. The molecule has 0 radical (unpaired) electrons. The highest BCUT2D eigenvalue weighted by molar-refractivity contribution is 6.43. The summed E-state index contributed by atoms with van der Waals surface area (Å²) in [6, 6.07) is 5.35. The highest BCUT2D eigenvalue weighted by Crippen LogP contribution is 2.34. The van der Waals surface area contributed by atoms with Crippen molar-refractivity contribution < 1.29 is 0 Å². The smallest absolute Gasteiger partial charge is 0.152 e. The van der Waals surface area contributed by atoms with Gasteiger partial charge >= 0.3 is 0 Å². The molecule has 0 aliphatic heterocycles. The van der Waals surface area contributed by atoms with Gasteiger partial charge in [-0.1, -0.05) is 48.2 Å². The Morgan fingerprint density at radius 2 is 2.12 bits per heavy atom. The zero-order chi connectivity index (χ0) is 18.2. The van der Waals surface area contributed by atoms with Crippen molar-refractivity contribution in [3.8, 4) is 23.6 Å². The Bertz CT molecular complexity index is 758. The van der Waals surface area contributed by atoms with Gasteiger partial charge in [0.25, 0.3) is 0 Å². The predicted molar refractivity (Wildman–Crippen MR) is 106 cm³/mol. The minimum Gasteiger partial charge on any atom is -0.382 e. The van der Waals surface area contributed by atoms with Crippen LogP contribution in [0.5, 0.6) is 0 Å². The molecule has 0 bridgehead atoms. The fourth-order valence-corrected chi connectivity index (χ4v) is 2.82. The van der Waals surface area contributed by atoms with Gasteiger partial charge < -0.3 is 16.0 Å². The number of rotatable bonds is 8. The van der Waals surface area contributed by atoms with Gasteiger partial charge in [-0.3, -0.25) is 0 Å². The van der Waals surface area contributed by atoms with E-state index in [-0.39, 0.29) is 0 Å². The van der Waals surface area contributed by atoms with Crippen molar-refractivity contribution in [2.75, 3.05) is 36.8 Å². The minimum absolute atomic E-state index is 0.319. The lowest BCUT2D eigenvalue weighted by Crippen LogP contribution is -2.33. The maximum absolute atomic E-state index is 6.26. The molecule has 0 spiro atoms. The topological polar surface area (TPSA) is 67.1 Å². The summed E-state index contributed by atoms with van der Waals surface area (Å²) in [5, 5.41) is 4.04. The summed E-state index contributed by atoms with van der Waals surface area (Å²) in [6.07, 6.45) is 7.94. The lowest BCUT2D eigenvalue weighted by atomic mass is 10.1. The van der Waals surface area contributed by atoms with Crippen molar-refractivity contribution in [2.45, 2.75) is 13.3 Å². The van der Waals surface area contributed by atoms with Crippen LogP contribution in [0.25, 0.3) is 11.3 Å². The first-order valence-corrected chi connectivity index (χ1v) is 8.80. The highest BCUT2D eigenvalue weighted by atomic mass is 35.5. The highest BCUT2D eigenvalue weighted by Gasteiger charge is 2.15. The summed E-state index contributed by atoms with van der Waals surface area (Å²) in [5.41, 5.74) is 7.33. The number of nitrogens with zero attached hydrogens (tertiary/aromatic N) is 3. The number of terminal acetylenes is 1. The molecule has 0 saturated carbocycles. The molecule has 1 aromatic heterocycles. The van der Waals surface area contributed by atoms with Crippen LogP contribution in [-0.4, -0.2) is 36.1 Å². The van der Waals surface area contributed by atoms with Crippen molar-refractivity contribution >= 4 is 34.8 Å². The fourth-order valence-electron chi connectivity index (χ4n) is 2.43. The van der Waals surface area contributed by atoms with Crippen LogP contribution in [0, 0.1) is 12.3 Å². The van der Waals surface area contributed by atoms with E-state index in [1.165, 1.54) is 0 Å². The van der Waals surface area contributed by atoms with Crippen LogP contribution in [-0.2, 0) is 0 Å². The predicted octanol–water partition coefficient (Wildman–Crippen LogP) is 3.47. The Hall–Kier alpha value is -2.00. The Morgan fingerprint density at radius 3 is 2.80 bits per heavy atom. The zero-order valence-corrected chi connectivity index (χ0v) is 15.6. The molecule has 2 rings (SSSR count). The summed E-state index contributed by atoms with van der Waals surface area (Å²) in [4.78, 5) is 11.1. The van der Waals surface area contributed by atoms with Gasteiger partial charge in [0, 0.05) is 25.2 Å². The largest absolute Gasteiger partial charge is 0.382 e. The number of hydrogen-bond donors (Lipinski definition) is 2. The standard InChI is InChI=1S/C18H21Cl2N5/c1-3-8-22-9-11-25(10-4-2)15-12-23-17(18(21)24-15)13-6-5-7-14(19)16(13)20/h1,5-7,12,22H,4,8-11H2,2H3,(H2,21,24). The van der Waals surface area contributed by atoms with Gasteiger partial charge in [0.2, 0.25) is 0 Å². The number of anilines is 2. The molecular weight excluding hydrogens is 357 g/mol. The monoisotopic (exact) mass is 377 g/mol. The van der Waals surface area contributed by atoms with Gasteiger partial charge in [0.05, 0.1) is 22.8 Å². The number of aromatic nitrogens is 2. The third kappa shape index (κ3) is 4.99. The molecule has 132 valence electrons. The summed E-state index contributed by atoms with van der Waals surface area (Å²) < 4.78 is 0. The number of benzene rings is 1. The summed E-state index contributed by atoms with van der Waals surface area (Å²) in [5.74, 6) is 3.60. The number of halogens is 2. The molecule has 1 aromatic carbocycles. The fraction of sp³-hybridized carbons (Fsp3) is 0.333. The summed E-state index contributed by atoms with van der Waals surface area (Å²) >= 11 is 12.3.